The second kappa shape index (κ2) is 6.02. The summed E-state index contributed by atoms with van der Waals surface area (Å²) in [6, 6.07) is 1.97. The first-order valence-corrected chi connectivity index (χ1v) is 8.22. The SMILES string of the molecule is Cc1nc(CN(C)Cc2nc(NN)c3ccsc3n2)cs1. The van der Waals surface area contributed by atoms with E-state index >= 15 is 0 Å². The number of hydrogen-bond donors (Lipinski definition) is 2. The minimum Gasteiger partial charge on any atom is -0.308 e. The predicted octanol–water partition coefficient (Wildman–Crippen LogP) is 2.37. The molecule has 3 aromatic rings. The number of rotatable bonds is 5. The van der Waals surface area contributed by atoms with Crippen molar-refractivity contribution < 1.29 is 0 Å². The highest BCUT2D eigenvalue weighted by atomic mass is 32.1. The van der Waals surface area contributed by atoms with Crippen LogP contribution in [0.1, 0.15) is 16.5 Å². The Hall–Kier alpha value is -1.61. The smallest absolute Gasteiger partial charge is 0.152 e. The number of aromatic nitrogens is 3. The van der Waals surface area contributed by atoms with Crippen molar-refractivity contribution in [1.82, 2.24) is 19.9 Å². The maximum absolute atomic E-state index is 5.54. The number of nitrogens with zero attached hydrogens (tertiary/aromatic N) is 4. The van der Waals surface area contributed by atoms with E-state index < -0.39 is 0 Å². The van der Waals surface area contributed by atoms with Gasteiger partial charge in [-0.15, -0.1) is 22.7 Å². The van der Waals surface area contributed by atoms with Crippen LogP contribution in [0.15, 0.2) is 16.8 Å². The molecule has 0 aromatic carbocycles. The van der Waals surface area contributed by atoms with Crippen molar-refractivity contribution in [3.05, 3.63) is 33.4 Å². The average Bonchev–Trinajstić information content (AvgIpc) is 3.06. The summed E-state index contributed by atoms with van der Waals surface area (Å²) >= 11 is 3.26. The highest BCUT2D eigenvalue weighted by molar-refractivity contribution is 7.16. The zero-order valence-corrected chi connectivity index (χ0v) is 13.5. The quantitative estimate of drug-likeness (QED) is 0.555. The zero-order chi connectivity index (χ0) is 14.8. The molecule has 0 amide bonds. The normalized spacial score (nSPS) is 11.4. The minimum absolute atomic E-state index is 0.652. The molecule has 0 unspecified atom stereocenters. The first-order valence-electron chi connectivity index (χ1n) is 6.46. The van der Waals surface area contributed by atoms with Crippen LogP contribution in [0.25, 0.3) is 10.2 Å². The lowest BCUT2D eigenvalue weighted by Gasteiger charge is -2.14. The van der Waals surface area contributed by atoms with Gasteiger partial charge in [0.25, 0.3) is 0 Å². The van der Waals surface area contributed by atoms with E-state index in [4.69, 9.17) is 5.84 Å². The van der Waals surface area contributed by atoms with Gasteiger partial charge in [0.2, 0.25) is 0 Å². The highest BCUT2D eigenvalue weighted by Gasteiger charge is 2.11. The lowest BCUT2D eigenvalue weighted by Crippen LogP contribution is -2.20. The molecule has 110 valence electrons. The molecule has 21 heavy (non-hydrogen) atoms. The number of hydrazine groups is 1. The molecule has 8 heteroatoms. The van der Waals surface area contributed by atoms with Gasteiger partial charge in [-0.05, 0) is 25.4 Å². The summed E-state index contributed by atoms with van der Waals surface area (Å²) in [5, 5.41) is 6.13. The lowest BCUT2D eigenvalue weighted by atomic mass is 10.3. The van der Waals surface area contributed by atoms with E-state index in [-0.39, 0.29) is 0 Å². The van der Waals surface area contributed by atoms with Crippen molar-refractivity contribution in [2.75, 3.05) is 12.5 Å². The van der Waals surface area contributed by atoms with E-state index in [1.54, 1.807) is 22.7 Å². The van der Waals surface area contributed by atoms with Gasteiger partial charge in [-0.3, -0.25) is 4.90 Å². The molecule has 0 saturated heterocycles. The summed E-state index contributed by atoms with van der Waals surface area (Å²) in [5.74, 6) is 6.98. The molecule has 0 aliphatic heterocycles. The largest absolute Gasteiger partial charge is 0.308 e. The molecule has 3 heterocycles. The summed E-state index contributed by atoms with van der Waals surface area (Å²) in [6.07, 6.45) is 0. The van der Waals surface area contributed by atoms with Crippen LogP contribution in [0.4, 0.5) is 5.82 Å². The summed E-state index contributed by atoms with van der Waals surface area (Å²) in [5.41, 5.74) is 3.73. The van der Waals surface area contributed by atoms with Crippen molar-refractivity contribution in [3.63, 3.8) is 0 Å². The van der Waals surface area contributed by atoms with Gasteiger partial charge in [-0.1, -0.05) is 0 Å². The monoisotopic (exact) mass is 320 g/mol. The summed E-state index contributed by atoms with van der Waals surface area (Å²) in [7, 11) is 2.03. The van der Waals surface area contributed by atoms with Gasteiger partial charge in [0.05, 0.1) is 22.6 Å². The number of nitrogens with two attached hydrogens (primary N) is 1. The lowest BCUT2D eigenvalue weighted by molar-refractivity contribution is 0.308. The molecule has 0 aliphatic carbocycles. The highest BCUT2D eigenvalue weighted by Crippen LogP contribution is 2.24. The number of anilines is 1. The van der Waals surface area contributed by atoms with Gasteiger partial charge in [-0.25, -0.2) is 20.8 Å². The number of thiazole rings is 1. The van der Waals surface area contributed by atoms with Crippen LogP contribution >= 0.6 is 22.7 Å². The number of fused-ring (bicyclic) bond motifs is 1. The Kier molecular flexibility index (Phi) is 4.11. The Labute approximate surface area is 130 Å². The fraction of sp³-hybridized carbons (Fsp3) is 0.308. The van der Waals surface area contributed by atoms with Crippen LogP contribution in [0.5, 0.6) is 0 Å². The average molecular weight is 320 g/mol. The van der Waals surface area contributed by atoms with Crippen molar-refractivity contribution >= 4 is 38.7 Å². The van der Waals surface area contributed by atoms with Gasteiger partial charge in [0.1, 0.15) is 10.7 Å². The maximum atomic E-state index is 5.54. The van der Waals surface area contributed by atoms with Crippen LogP contribution in [-0.2, 0) is 13.1 Å². The molecular weight excluding hydrogens is 304 g/mol. The van der Waals surface area contributed by atoms with Crippen LogP contribution in [0.3, 0.4) is 0 Å². The molecule has 0 radical (unpaired) electrons. The molecule has 0 saturated carbocycles. The third-order valence-electron chi connectivity index (χ3n) is 3.02. The van der Waals surface area contributed by atoms with Gasteiger partial charge in [-0.2, -0.15) is 0 Å². The number of thiophene rings is 1. The maximum Gasteiger partial charge on any atom is 0.152 e. The molecule has 0 fully saturated rings. The van der Waals surface area contributed by atoms with E-state index in [2.05, 4.69) is 30.7 Å². The van der Waals surface area contributed by atoms with Gasteiger partial charge in [0, 0.05) is 11.9 Å². The van der Waals surface area contributed by atoms with Crippen LogP contribution in [0.2, 0.25) is 0 Å². The number of nitrogens with one attached hydrogen (secondary N) is 1. The third-order valence-corrected chi connectivity index (χ3v) is 4.65. The summed E-state index contributed by atoms with van der Waals surface area (Å²) < 4.78 is 0. The van der Waals surface area contributed by atoms with Crippen molar-refractivity contribution in [2.45, 2.75) is 20.0 Å². The number of hydrogen-bond acceptors (Lipinski definition) is 8. The molecular formula is C13H16N6S2. The second-order valence-corrected chi connectivity index (χ2v) is 6.76. The number of aryl methyl sites for hydroxylation is 1. The Balaban J connectivity index is 1.77. The first-order chi connectivity index (χ1) is 10.2. The van der Waals surface area contributed by atoms with Crippen LogP contribution in [0, 0.1) is 6.92 Å². The summed E-state index contributed by atoms with van der Waals surface area (Å²) in [6.45, 7) is 3.45. The molecule has 3 N–H and O–H groups in total. The topological polar surface area (TPSA) is 80.0 Å². The number of nitrogen functional groups attached to an aromatic ring is 1. The van der Waals surface area contributed by atoms with E-state index in [1.165, 1.54) is 0 Å². The van der Waals surface area contributed by atoms with Crippen molar-refractivity contribution in [3.8, 4) is 0 Å². The Morgan fingerprint density at radius 2 is 2.10 bits per heavy atom. The Morgan fingerprint density at radius 3 is 2.81 bits per heavy atom. The van der Waals surface area contributed by atoms with Gasteiger partial charge < -0.3 is 5.43 Å². The van der Waals surface area contributed by atoms with Crippen molar-refractivity contribution in [1.29, 1.82) is 0 Å². The standard InChI is InChI=1S/C13H16N6S2/c1-8-15-9(7-21-8)5-19(2)6-11-16-12(18-14)10-3-4-20-13(10)17-11/h3-4,7H,5-6,14H2,1-2H3,(H,16,17,18). The molecule has 6 nitrogen and oxygen atoms in total. The Morgan fingerprint density at radius 1 is 1.24 bits per heavy atom. The predicted molar refractivity (Wildman–Crippen MR) is 87.2 cm³/mol. The minimum atomic E-state index is 0.652. The third kappa shape index (κ3) is 3.18. The van der Waals surface area contributed by atoms with Crippen molar-refractivity contribution in [2.24, 2.45) is 5.84 Å². The van der Waals surface area contributed by atoms with Gasteiger partial charge in [0.15, 0.2) is 5.82 Å². The van der Waals surface area contributed by atoms with Gasteiger partial charge >= 0.3 is 0 Å². The molecule has 3 rings (SSSR count). The molecule has 3 aromatic heterocycles. The Bertz CT molecular complexity index is 750. The van der Waals surface area contributed by atoms with E-state index in [0.717, 1.165) is 33.3 Å². The first kappa shape index (κ1) is 14.3. The summed E-state index contributed by atoms with van der Waals surface area (Å²) in [4.78, 5) is 16.6. The van der Waals surface area contributed by atoms with Crippen LogP contribution in [-0.4, -0.2) is 26.9 Å². The van der Waals surface area contributed by atoms with E-state index in [0.29, 0.717) is 12.4 Å². The van der Waals surface area contributed by atoms with Crippen LogP contribution < -0.4 is 11.3 Å². The van der Waals surface area contributed by atoms with E-state index in [1.807, 2.05) is 25.4 Å². The molecule has 0 aliphatic rings. The fourth-order valence-corrected chi connectivity index (χ4v) is 3.52. The zero-order valence-electron chi connectivity index (χ0n) is 11.8. The van der Waals surface area contributed by atoms with E-state index in [9.17, 15) is 0 Å². The molecule has 0 bridgehead atoms. The molecule has 0 spiro atoms. The second-order valence-electron chi connectivity index (χ2n) is 4.80. The molecule has 0 atom stereocenters. The fourth-order valence-electron chi connectivity index (χ4n) is 2.14.